The number of ether oxygens (including phenoxy) is 1. The van der Waals surface area contributed by atoms with Crippen LogP contribution >= 0.6 is 0 Å². The van der Waals surface area contributed by atoms with Gasteiger partial charge in [0.1, 0.15) is 11.6 Å². The van der Waals surface area contributed by atoms with Crippen molar-refractivity contribution >= 4 is 17.4 Å². The third-order valence-electron chi connectivity index (χ3n) is 3.68. The number of nitrogens with zero attached hydrogens (tertiary/aromatic N) is 1. The van der Waals surface area contributed by atoms with Crippen LogP contribution < -0.4 is 0 Å². The zero-order chi connectivity index (χ0) is 19.4. The largest absolute Gasteiger partial charge is 0.451 e. The lowest BCUT2D eigenvalue weighted by Gasteiger charge is -2.03. The average molecular weight is 369 g/mol. The van der Waals surface area contributed by atoms with Gasteiger partial charge >= 0.3 is 5.97 Å². The first kappa shape index (κ1) is 18.0. The fraction of sp³-hybridized carbons (Fsp3) is 0.0526. The summed E-state index contributed by atoms with van der Waals surface area (Å²) in [7, 11) is 0. The van der Waals surface area contributed by atoms with E-state index in [0.29, 0.717) is 11.3 Å². The molecular weight excluding hydrogens is 357 g/mol. The number of nitro groups is 1. The smallest absolute Gasteiger partial charge is 0.374 e. The highest BCUT2D eigenvalue weighted by Crippen LogP contribution is 2.24. The van der Waals surface area contributed by atoms with Gasteiger partial charge in [-0.3, -0.25) is 14.9 Å². The molecule has 0 amide bonds. The summed E-state index contributed by atoms with van der Waals surface area (Å²) >= 11 is 0. The number of benzene rings is 2. The number of hydrogen-bond donors (Lipinski definition) is 0. The summed E-state index contributed by atoms with van der Waals surface area (Å²) in [6.07, 6.45) is 0. The van der Waals surface area contributed by atoms with Gasteiger partial charge in [0.2, 0.25) is 11.5 Å². The van der Waals surface area contributed by atoms with Crippen molar-refractivity contribution in [3.8, 4) is 11.3 Å². The standard InChI is InChI=1S/C19H12FNO6/c20-15-4-2-1-3-14(15)16(22)11-26-19(23)18-10-9-17(27-18)12-5-7-13(8-6-12)21(24)25/h1-10H,11H2. The average Bonchev–Trinajstić information content (AvgIpc) is 3.16. The molecule has 0 aliphatic carbocycles. The van der Waals surface area contributed by atoms with Crippen molar-refractivity contribution < 1.29 is 28.1 Å². The van der Waals surface area contributed by atoms with Crippen LogP contribution in [-0.4, -0.2) is 23.3 Å². The Labute approximate surface area is 152 Å². The van der Waals surface area contributed by atoms with E-state index in [1.807, 2.05) is 0 Å². The molecule has 0 saturated carbocycles. The highest BCUT2D eigenvalue weighted by atomic mass is 19.1. The van der Waals surface area contributed by atoms with Gasteiger partial charge in [0, 0.05) is 17.7 Å². The van der Waals surface area contributed by atoms with E-state index in [9.17, 15) is 24.1 Å². The van der Waals surface area contributed by atoms with Gasteiger partial charge in [0.05, 0.1) is 10.5 Å². The number of hydrogen-bond acceptors (Lipinski definition) is 6. The number of carbonyl (C=O) groups is 2. The van der Waals surface area contributed by atoms with Crippen LogP contribution in [0.4, 0.5) is 10.1 Å². The first-order valence-electron chi connectivity index (χ1n) is 7.75. The van der Waals surface area contributed by atoms with Crippen molar-refractivity contribution in [1.82, 2.24) is 0 Å². The van der Waals surface area contributed by atoms with Gasteiger partial charge in [-0.25, -0.2) is 9.18 Å². The molecule has 136 valence electrons. The number of ketones is 1. The fourth-order valence-electron chi connectivity index (χ4n) is 2.32. The van der Waals surface area contributed by atoms with Crippen molar-refractivity contribution in [3.05, 3.63) is 87.9 Å². The number of rotatable bonds is 6. The maximum Gasteiger partial charge on any atom is 0.374 e. The highest BCUT2D eigenvalue weighted by molar-refractivity contribution is 5.99. The second-order valence-corrected chi connectivity index (χ2v) is 5.45. The molecule has 1 heterocycles. The van der Waals surface area contributed by atoms with Gasteiger partial charge in [-0.05, 0) is 36.4 Å². The number of furan rings is 1. The van der Waals surface area contributed by atoms with Crippen LogP contribution in [0.2, 0.25) is 0 Å². The molecule has 1 aromatic heterocycles. The number of Topliss-reactive ketones (excluding diaryl/α,β-unsaturated/α-hetero) is 1. The van der Waals surface area contributed by atoms with Crippen LogP contribution in [0.1, 0.15) is 20.9 Å². The highest BCUT2D eigenvalue weighted by Gasteiger charge is 2.18. The minimum absolute atomic E-state index is 0.0726. The van der Waals surface area contributed by atoms with Gasteiger partial charge in [-0.15, -0.1) is 0 Å². The van der Waals surface area contributed by atoms with E-state index in [1.54, 1.807) is 0 Å². The predicted molar refractivity (Wildman–Crippen MR) is 91.8 cm³/mol. The van der Waals surface area contributed by atoms with Crippen LogP contribution in [0.5, 0.6) is 0 Å². The molecule has 3 rings (SSSR count). The molecule has 0 bridgehead atoms. The Hall–Kier alpha value is -3.81. The zero-order valence-corrected chi connectivity index (χ0v) is 13.8. The number of halogens is 1. The first-order chi connectivity index (χ1) is 13.0. The molecule has 8 heteroatoms. The van der Waals surface area contributed by atoms with Crippen molar-refractivity contribution in [3.63, 3.8) is 0 Å². The Morgan fingerprint density at radius 1 is 1.04 bits per heavy atom. The van der Waals surface area contributed by atoms with E-state index >= 15 is 0 Å². The fourth-order valence-corrected chi connectivity index (χ4v) is 2.32. The zero-order valence-electron chi connectivity index (χ0n) is 13.8. The molecule has 0 saturated heterocycles. The summed E-state index contributed by atoms with van der Waals surface area (Å²) < 4.78 is 23.8. The van der Waals surface area contributed by atoms with E-state index in [1.165, 1.54) is 54.6 Å². The van der Waals surface area contributed by atoms with E-state index in [0.717, 1.165) is 6.07 Å². The molecule has 2 aromatic carbocycles. The second kappa shape index (κ2) is 7.61. The third-order valence-corrected chi connectivity index (χ3v) is 3.68. The summed E-state index contributed by atoms with van der Waals surface area (Å²) in [6.45, 7) is -0.632. The Kier molecular flexibility index (Phi) is 5.07. The number of non-ortho nitro benzene ring substituents is 1. The summed E-state index contributed by atoms with van der Waals surface area (Å²) in [5, 5.41) is 10.7. The van der Waals surface area contributed by atoms with E-state index < -0.39 is 29.1 Å². The van der Waals surface area contributed by atoms with Crippen molar-refractivity contribution in [2.75, 3.05) is 6.61 Å². The number of carbonyl (C=O) groups excluding carboxylic acids is 2. The topological polar surface area (TPSA) is 99.7 Å². The number of nitro benzene ring substituents is 1. The molecule has 0 N–H and O–H groups in total. The molecule has 0 radical (unpaired) electrons. The SMILES string of the molecule is O=C(OCC(=O)c1ccccc1F)c1ccc(-c2ccc([N+](=O)[O-])cc2)o1. The molecule has 7 nitrogen and oxygen atoms in total. The van der Waals surface area contributed by atoms with Crippen molar-refractivity contribution in [2.45, 2.75) is 0 Å². The van der Waals surface area contributed by atoms with Gasteiger partial charge in [-0.1, -0.05) is 12.1 Å². The second-order valence-electron chi connectivity index (χ2n) is 5.45. The van der Waals surface area contributed by atoms with E-state index in [-0.39, 0.29) is 17.0 Å². The van der Waals surface area contributed by atoms with Crippen molar-refractivity contribution in [1.29, 1.82) is 0 Å². The molecule has 0 fully saturated rings. The monoisotopic (exact) mass is 369 g/mol. The molecule has 3 aromatic rings. The van der Waals surface area contributed by atoms with E-state index in [4.69, 9.17) is 9.15 Å². The van der Waals surface area contributed by atoms with Gasteiger partial charge < -0.3 is 9.15 Å². The van der Waals surface area contributed by atoms with Crippen molar-refractivity contribution in [2.24, 2.45) is 0 Å². The Bertz CT molecular complexity index is 1010. The van der Waals surface area contributed by atoms with Gasteiger partial charge in [0.15, 0.2) is 6.61 Å². The van der Waals surface area contributed by atoms with Crippen LogP contribution in [0.3, 0.4) is 0 Å². The Morgan fingerprint density at radius 2 is 1.74 bits per heavy atom. The molecule has 0 atom stereocenters. The molecule has 0 aliphatic heterocycles. The first-order valence-corrected chi connectivity index (χ1v) is 7.75. The molecular formula is C19H12FNO6. The number of esters is 1. The quantitative estimate of drug-likeness (QED) is 0.281. The molecule has 0 aliphatic rings. The maximum atomic E-state index is 13.5. The lowest BCUT2D eigenvalue weighted by molar-refractivity contribution is -0.384. The Balaban J connectivity index is 1.65. The van der Waals surface area contributed by atoms with Gasteiger partial charge in [-0.2, -0.15) is 0 Å². The van der Waals surface area contributed by atoms with Crippen LogP contribution in [0.25, 0.3) is 11.3 Å². The minimum Gasteiger partial charge on any atom is -0.451 e. The molecule has 27 heavy (non-hydrogen) atoms. The Morgan fingerprint density at radius 3 is 2.41 bits per heavy atom. The lowest BCUT2D eigenvalue weighted by atomic mass is 10.1. The van der Waals surface area contributed by atoms with E-state index in [2.05, 4.69) is 0 Å². The van der Waals surface area contributed by atoms with Crippen LogP contribution in [0, 0.1) is 15.9 Å². The van der Waals surface area contributed by atoms with Crippen LogP contribution in [-0.2, 0) is 4.74 Å². The molecule has 0 unspecified atom stereocenters. The summed E-state index contributed by atoms with van der Waals surface area (Å²) in [5.41, 5.74) is 0.287. The predicted octanol–water partition coefficient (Wildman–Crippen LogP) is 4.03. The normalized spacial score (nSPS) is 10.4. The minimum atomic E-state index is -0.882. The lowest BCUT2D eigenvalue weighted by Crippen LogP contribution is -2.15. The summed E-state index contributed by atoms with van der Waals surface area (Å²) in [4.78, 5) is 34.1. The van der Waals surface area contributed by atoms with Crippen LogP contribution in [0.15, 0.2) is 65.1 Å². The third kappa shape index (κ3) is 4.06. The maximum absolute atomic E-state index is 13.5. The molecule has 0 spiro atoms. The van der Waals surface area contributed by atoms with Gasteiger partial charge in [0.25, 0.3) is 5.69 Å². The summed E-state index contributed by atoms with van der Waals surface area (Å²) in [5.74, 6) is -2.10. The summed E-state index contributed by atoms with van der Waals surface area (Å²) in [6, 6.07) is 13.8.